The predicted molar refractivity (Wildman–Crippen MR) is 59.2 cm³/mol. The van der Waals surface area contributed by atoms with Gasteiger partial charge in [-0.05, 0) is 12.8 Å². The van der Waals surface area contributed by atoms with E-state index in [4.69, 9.17) is 11.6 Å². The van der Waals surface area contributed by atoms with Crippen LogP contribution >= 0.6 is 27.5 Å². The van der Waals surface area contributed by atoms with E-state index in [-0.39, 0.29) is 5.91 Å². The second-order valence-electron chi connectivity index (χ2n) is 2.41. The van der Waals surface area contributed by atoms with Gasteiger partial charge in [0.25, 0.3) is 0 Å². The van der Waals surface area contributed by atoms with Crippen molar-refractivity contribution in [2.75, 3.05) is 17.8 Å². The van der Waals surface area contributed by atoms with E-state index in [0.717, 1.165) is 18.2 Å². The third kappa shape index (κ3) is 9.72. The zero-order valence-electron chi connectivity index (χ0n) is 7.41. The minimum atomic E-state index is 0.0600. The Morgan fingerprint density at radius 1 is 1.38 bits per heavy atom. The van der Waals surface area contributed by atoms with Crippen LogP contribution in [0.5, 0.6) is 0 Å². The fraction of sp³-hybridized carbons (Fsp3) is 0.667. The number of carbonyl (C=O) groups excluding carboxylic acids is 1. The second kappa shape index (κ2) is 9.88. The standard InChI is InChI=1S/C9H13BrClNO/c10-6-2-1-5-9(13)12-8-4-3-7-11/h1-2,5-8H2,(H,12,13). The van der Waals surface area contributed by atoms with Crippen LogP contribution in [0.15, 0.2) is 0 Å². The van der Waals surface area contributed by atoms with Crippen LogP contribution in [0.2, 0.25) is 0 Å². The zero-order chi connectivity index (χ0) is 9.94. The lowest BCUT2D eigenvalue weighted by Crippen LogP contribution is -2.23. The molecule has 0 aliphatic rings. The smallest absolute Gasteiger partial charge is 0.220 e. The molecule has 0 saturated carbocycles. The van der Waals surface area contributed by atoms with Crippen molar-refractivity contribution in [3.8, 4) is 11.8 Å². The molecule has 0 aliphatic heterocycles. The molecule has 1 amide bonds. The molecule has 74 valence electrons. The van der Waals surface area contributed by atoms with Crippen LogP contribution in [0.3, 0.4) is 0 Å². The molecule has 0 rings (SSSR count). The maximum Gasteiger partial charge on any atom is 0.220 e. The minimum absolute atomic E-state index is 0.0600. The Morgan fingerprint density at radius 2 is 2.15 bits per heavy atom. The molecule has 0 fully saturated rings. The van der Waals surface area contributed by atoms with Gasteiger partial charge in [-0.15, -0.1) is 11.6 Å². The van der Waals surface area contributed by atoms with Gasteiger partial charge in [-0.3, -0.25) is 4.79 Å². The highest BCUT2D eigenvalue weighted by molar-refractivity contribution is 9.09. The molecule has 0 bridgehead atoms. The zero-order valence-corrected chi connectivity index (χ0v) is 9.75. The third-order valence-electron chi connectivity index (χ3n) is 1.35. The molecule has 0 saturated heterocycles. The van der Waals surface area contributed by atoms with Gasteiger partial charge in [0.05, 0.1) is 12.4 Å². The van der Waals surface area contributed by atoms with Gasteiger partial charge in [0.1, 0.15) is 0 Å². The largest absolute Gasteiger partial charge is 0.345 e. The fourth-order valence-electron chi connectivity index (χ4n) is 0.721. The van der Waals surface area contributed by atoms with E-state index in [2.05, 4.69) is 33.1 Å². The van der Waals surface area contributed by atoms with E-state index >= 15 is 0 Å². The van der Waals surface area contributed by atoms with E-state index in [1.165, 1.54) is 0 Å². The molecule has 2 nitrogen and oxygen atoms in total. The SMILES string of the molecule is O=C(CCCCBr)NCC#CCCl. The summed E-state index contributed by atoms with van der Waals surface area (Å²) in [4.78, 5) is 11.1. The lowest BCUT2D eigenvalue weighted by Gasteiger charge is -1.99. The lowest BCUT2D eigenvalue weighted by molar-refractivity contribution is -0.120. The molecule has 0 aliphatic carbocycles. The number of nitrogens with one attached hydrogen (secondary N) is 1. The summed E-state index contributed by atoms with van der Waals surface area (Å²) >= 11 is 8.63. The highest BCUT2D eigenvalue weighted by Crippen LogP contribution is 1.97. The maximum atomic E-state index is 11.1. The summed E-state index contributed by atoms with van der Waals surface area (Å²) in [6, 6.07) is 0. The predicted octanol–water partition coefficient (Wildman–Crippen LogP) is 1.91. The van der Waals surface area contributed by atoms with Gasteiger partial charge in [-0.2, -0.15) is 0 Å². The first-order valence-corrected chi connectivity index (χ1v) is 5.81. The Bertz CT molecular complexity index is 198. The molecule has 1 N–H and O–H groups in total. The Labute approximate surface area is 92.5 Å². The quantitative estimate of drug-likeness (QED) is 0.460. The molecular formula is C9H13BrClNO. The van der Waals surface area contributed by atoms with Crippen molar-refractivity contribution in [1.82, 2.24) is 5.32 Å². The molecular weight excluding hydrogens is 253 g/mol. The van der Waals surface area contributed by atoms with E-state index in [0.29, 0.717) is 18.8 Å². The number of alkyl halides is 2. The summed E-state index contributed by atoms with van der Waals surface area (Å²) in [7, 11) is 0. The Morgan fingerprint density at radius 3 is 2.77 bits per heavy atom. The summed E-state index contributed by atoms with van der Waals surface area (Å²) < 4.78 is 0. The van der Waals surface area contributed by atoms with E-state index < -0.39 is 0 Å². The normalized spacial score (nSPS) is 8.77. The number of amides is 1. The monoisotopic (exact) mass is 265 g/mol. The van der Waals surface area contributed by atoms with Gasteiger partial charge in [0.2, 0.25) is 5.91 Å². The summed E-state index contributed by atoms with van der Waals surface area (Å²) in [6.45, 7) is 0.403. The van der Waals surface area contributed by atoms with Crippen LogP contribution in [-0.4, -0.2) is 23.7 Å². The van der Waals surface area contributed by atoms with Crippen LogP contribution in [-0.2, 0) is 4.79 Å². The second-order valence-corrected chi connectivity index (χ2v) is 3.47. The molecule has 0 aromatic carbocycles. The Hall–Kier alpha value is -0.200. The first-order chi connectivity index (χ1) is 6.31. The lowest BCUT2D eigenvalue weighted by atomic mass is 10.2. The van der Waals surface area contributed by atoms with Crippen molar-refractivity contribution in [2.45, 2.75) is 19.3 Å². The van der Waals surface area contributed by atoms with Crippen molar-refractivity contribution >= 4 is 33.4 Å². The molecule has 13 heavy (non-hydrogen) atoms. The Balaban J connectivity index is 3.30. The number of rotatable bonds is 5. The summed E-state index contributed by atoms with van der Waals surface area (Å²) in [6.07, 6.45) is 2.52. The number of hydrogen-bond donors (Lipinski definition) is 1. The summed E-state index contributed by atoms with van der Waals surface area (Å²) in [5.74, 6) is 5.78. The van der Waals surface area contributed by atoms with Gasteiger partial charge in [0, 0.05) is 11.8 Å². The third-order valence-corrected chi connectivity index (χ3v) is 2.05. The van der Waals surface area contributed by atoms with Crippen LogP contribution in [0, 0.1) is 11.8 Å². The highest BCUT2D eigenvalue weighted by atomic mass is 79.9. The molecule has 0 radical (unpaired) electrons. The van der Waals surface area contributed by atoms with Gasteiger partial charge in [-0.25, -0.2) is 0 Å². The number of carbonyl (C=O) groups is 1. The van der Waals surface area contributed by atoms with Crippen LogP contribution in [0.4, 0.5) is 0 Å². The van der Waals surface area contributed by atoms with Gasteiger partial charge in [0.15, 0.2) is 0 Å². The minimum Gasteiger partial charge on any atom is -0.345 e. The van der Waals surface area contributed by atoms with Crippen molar-refractivity contribution < 1.29 is 4.79 Å². The molecule has 0 spiro atoms. The number of halogens is 2. The molecule has 4 heteroatoms. The first kappa shape index (κ1) is 12.8. The Kier molecular flexibility index (Phi) is 9.73. The van der Waals surface area contributed by atoms with Crippen LogP contribution < -0.4 is 5.32 Å². The molecule has 0 unspecified atom stereocenters. The van der Waals surface area contributed by atoms with E-state index in [9.17, 15) is 4.79 Å². The molecule has 0 aromatic rings. The molecule has 0 atom stereocenters. The van der Waals surface area contributed by atoms with Crippen molar-refractivity contribution in [1.29, 1.82) is 0 Å². The van der Waals surface area contributed by atoms with Crippen molar-refractivity contribution in [2.24, 2.45) is 0 Å². The molecule has 0 aromatic heterocycles. The fourth-order valence-corrected chi connectivity index (χ4v) is 1.21. The first-order valence-electron chi connectivity index (χ1n) is 4.15. The van der Waals surface area contributed by atoms with Crippen LogP contribution in [0.25, 0.3) is 0 Å². The van der Waals surface area contributed by atoms with Gasteiger partial charge < -0.3 is 5.32 Å². The average Bonchev–Trinajstić information content (AvgIpc) is 2.13. The number of hydrogen-bond acceptors (Lipinski definition) is 1. The number of unbranched alkanes of at least 4 members (excludes halogenated alkanes) is 1. The van der Waals surface area contributed by atoms with Crippen molar-refractivity contribution in [3.05, 3.63) is 0 Å². The summed E-state index contributed by atoms with van der Waals surface area (Å²) in [5.41, 5.74) is 0. The summed E-state index contributed by atoms with van der Waals surface area (Å²) in [5, 5.41) is 3.64. The van der Waals surface area contributed by atoms with Gasteiger partial charge in [-0.1, -0.05) is 27.8 Å². The van der Waals surface area contributed by atoms with E-state index in [1.54, 1.807) is 0 Å². The maximum absolute atomic E-state index is 11.1. The highest BCUT2D eigenvalue weighted by Gasteiger charge is 1.97. The topological polar surface area (TPSA) is 29.1 Å². The van der Waals surface area contributed by atoms with Crippen molar-refractivity contribution in [3.63, 3.8) is 0 Å². The average molecular weight is 267 g/mol. The van der Waals surface area contributed by atoms with Gasteiger partial charge >= 0.3 is 0 Å². The molecule has 0 heterocycles. The van der Waals surface area contributed by atoms with Crippen LogP contribution in [0.1, 0.15) is 19.3 Å². The van der Waals surface area contributed by atoms with E-state index in [1.807, 2.05) is 0 Å².